The molecule has 1 saturated heterocycles. The van der Waals surface area contributed by atoms with E-state index in [0.29, 0.717) is 0 Å². The normalized spacial score (nSPS) is 16.5. The van der Waals surface area contributed by atoms with E-state index in [4.69, 9.17) is 0 Å². The zero-order valence-corrected chi connectivity index (χ0v) is 16.5. The van der Waals surface area contributed by atoms with Gasteiger partial charge in [-0.1, -0.05) is 60.7 Å². The standard InChI is InChI=1S/C22H28N4O2/c1-17(21(27)24-22(28)23-2)25-13-15-26(16-14-25)20(18-9-5-3-6-10-18)19-11-7-4-8-12-19/h3-12,17,20H,13-16H2,1-2H3,(H2,23,24,27,28)/t17-/m1/s1. The maximum Gasteiger partial charge on any atom is 0.321 e. The van der Waals surface area contributed by atoms with Gasteiger partial charge in [-0.05, 0) is 18.1 Å². The number of nitrogens with one attached hydrogen (secondary N) is 2. The van der Waals surface area contributed by atoms with Crippen LogP contribution >= 0.6 is 0 Å². The fraction of sp³-hybridized carbons (Fsp3) is 0.364. The number of hydrogen-bond acceptors (Lipinski definition) is 4. The molecule has 0 radical (unpaired) electrons. The summed E-state index contributed by atoms with van der Waals surface area (Å²) in [7, 11) is 1.50. The summed E-state index contributed by atoms with van der Waals surface area (Å²) in [5, 5.41) is 4.78. The predicted octanol–water partition coefficient (Wildman–Crippen LogP) is 2.24. The summed E-state index contributed by atoms with van der Waals surface area (Å²) in [5.74, 6) is -0.268. The molecule has 0 bridgehead atoms. The van der Waals surface area contributed by atoms with Gasteiger partial charge in [0.05, 0.1) is 12.1 Å². The zero-order chi connectivity index (χ0) is 19.9. The van der Waals surface area contributed by atoms with E-state index < -0.39 is 6.03 Å². The SMILES string of the molecule is CNC(=O)NC(=O)[C@@H](C)N1CCN(C(c2ccccc2)c2ccccc2)CC1. The van der Waals surface area contributed by atoms with E-state index in [2.05, 4.69) is 69.0 Å². The highest BCUT2D eigenvalue weighted by atomic mass is 16.2. The van der Waals surface area contributed by atoms with Crippen LogP contribution in [0.4, 0.5) is 4.79 Å². The Morgan fingerprint density at radius 1 is 0.821 bits per heavy atom. The molecular weight excluding hydrogens is 352 g/mol. The lowest BCUT2D eigenvalue weighted by atomic mass is 9.96. The Balaban J connectivity index is 1.69. The van der Waals surface area contributed by atoms with E-state index in [1.165, 1.54) is 18.2 Å². The highest BCUT2D eigenvalue weighted by Crippen LogP contribution is 2.29. The molecule has 148 valence electrons. The lowest BCUT2D eigenvalue weighted by Crippen LogP contribution is -2.55. The maximum absolute atomic E-state index is 12.2. The molecule has 0 saturated carbocycles. The van der Waals surface area contributed by atoms with Crippen molar-refractivity contribution in [2.75, 3.05) is 33.2 Å². The van der Waals surface area contributed by atoms with E-state index in [0.717, 1.165) is 26.2 Å². The van der Waals surface area contributed by atoms with Gasteiger partial charge < -0.3 is 5.32 Å². The summed E-state index contributed by atoms with van der Waals surface area (Å²) in [5.41, 5.74) is 2.54. The number of nitrogens with zero attached hydrogens (tertiary/aromatic N) is 2. The average Bonchev–Trinajstić information content (AvgIpc) is 2.75. The minimum Gasteiger partial charge on any atom is -0.341 e. The van der Waals surface area contributed by atoms with Crippen molar-refractivity contribution in [1.29, 1.82) is 0 Å². The molecule has 0 aromatic heterocycles. The van der Waals surface area contributed by atoms with Gasteiger partial charge >= 0.3 is 6.03 Å². The molecule has 1 atom stereocenters. The van der Waals surface area contributed by atoms with E-state index >= 15 is 0 Å². The van der Waals surface area contributed by atoms with Crippen molar-refractivity contribution in [3.8, 4) is 0 Å². The van der Waals surface area contributed by atoms with Crippen molar-refractivity contribution in [3.05, 3.63) is 71.8 Å². The van der Waals surface area contributed by atoms with Crippen molar-refractivity contribution < 1.29 is 9.59 Å². The highest BCUT2D eigenvalue weighted by Gasteiger charge is 2.30. The third-order valence-electron chi connectivity index (χ3n) is 5.34. The van der Waals surface area contributed by atoms with Gasteiger partial charge in [0.2, 0.25) is 5.91 Å². The van der Waals surface area contributed by atoms with Crippen molar-refractivity contribution in [3.63, 3.8) is 0 Å². The highest BCUT2D eigenvalue weighted by molar-refractivity contribution is 5.96. The van der Waals surface area contributed by atoms with Crippen molar-refractivity contribution in [1.82, 2.24) is 20.4 Å². The third-order valence-corrected chi connectivity index (χ3v) is 5.34. The summed E-state index contributed by atoms with van der Waals surface area (Å²) in [6.07, 6.45) is 0. The minimum atomic E-state index is -0.469. The van der Waals surface area contributed by atoms with Crippen molar-refractivity contribution in [2.45, 2.75) is 19.0 Å². The third kappa shape index (κ3) is 4.77. The second-order valence-corrected chi connectivity index (χ2v) is 7.04. The predicted molar refractivity (Wildman–Crippen MR) is 110 cm³/mol. The minimum absolute atomic E-state index is 0.194. The van der Waals surface area contributed by atoms with E-state index in [9.17, 15) is 9.59 Å². The molecule has 1 aliphatic rings. The number of rotatable bonds is 5. The van der Waals surface area contributed by atoms with Crippen molar-refractivity contribution in [2.24, 2.45) is 0 Å². The second kappa shape index (κ2) is 9.48. The first-order valence-corrected chi connectivity index (χ1v) is 9.70. The fourth-order valence-electron chi connectivity index (χ4n) is 3.71. The van der Waals surface area contributed by atoms with Crippen LogP contribution in [0.5, 0.6) is 0 Å². The van der Waals surface area contributed by atoms with E-state index in [-0.39, 0.29) is 18.0 Å². The first-order chi connectivity index (χ1) is 13.6. The second-order valence-electron chi connectivity index (χ2n) is 7.04. The molecule has 0 spiro atoms. The zero-order valence-electron chi connectivity index (χ0n) is 16.5. The molecule has 1 heterocycles. The Morgan fingerprint density at radius 2 is 1.29 bits per heavy atom. The van der Waals surface area contributed by atoms with Crippen LogP contribution in [0.25, 0.3) is 0 Å². The molecule has 3 amide bonds. The molecule has 2 aromatic carbocycles. The van der Waals surface area contributed by atoms with Gasteiger partial charge in [-0.2, -0.15) is 0 Å². The molecule has 2 aromatic rings. The van der Waals surface area contributed by atoms with Gasteiger partial charge in [-0.3, -0.25) is 19.9 Å². The van der Waals surface area contributed by atoms with Gasteiger partial charge in [0.1, 0.15) is 0 Å². The van der Waals surface area contributed by atoms with Gasteiger partial charge in [0.25, 0.3) is 0 Å². The van der Waals surface area contributed by atoms with Gasteiger partial charge in [-0.25, -0.2) is 4.79 Å². The van der Waals surface area contributed by atoms with Crippen LogP contribution in [0.3, 0.4) is 0 Å². The Hall–Kier alpha value is -2.70. The van der Waals surface area contributed by atoms with Gasteiger partial charge in [0, 0.05) is 33.2 Å². The van der Waals surface area contributed by atoms with Crippen LogP contribution < -0.4 is 10.6 Å². The number of imide groups is 1. The molecule has 3 rings (SSSR count). The monoisotopic (exact) mass is 380 g/mol. The van der Waals surface area contributed by atoms with Crippen LogP contribution in [0.15, 0.2) is 60.7 Å². The summed E-state index contributed by atoms with van der Waals surface area (Å²) < 4.78 is 0. The van der Waals surface area contributed by atoms with Crippen LogP contribution in [-0.2, 0) is 4.79 Å². The quantitative estimate of drug-likeness (QED) is 0.835. The Bertz CT molecular complexity index is 734. The first-order valence-electron chi connectivity index (χ1n) is 9.70. The summed E-state index contributed by atoms with van der Waals surface area (Å²) in [6.45, 7) is 5.11. The topological polar surface area (TPSA) is 64.7 Å². The molecule has 1 fully saturated rings. The van der Waals surface area contributed by atoms with E-state index in [1.807, 2.05) is 19.1 Å². The molecule has 0 aliphatic carbocycles. The molecule has 6 nitrogen and oxygen atoms in total. The van der Waals surface area contributed by atoms with Crippen molar-refractivity contribution >= 4 is 11.9 Å². The number of hydrogen-bond donors (Lipinski definition) is 2. The number of carbonyl (C=O) groups is 2. The van der Waals surface area contributed by atoms with Crippen LogP contribution in [0.1, 0.15) is 24.1 Å². The Morgan fingerprint density at radius 3 is 1.75 bits per heavy atom. The molecule has 28 heavy (non-hydrogen) atoms. The van der Waals surface area contributed by atoms with Crippen LogP contribution in [0.2, 0.25) is 0 Å². The summed E-state index contributed by atoms with van der Waals surface area (Å²) in [4.78, 5) is 28.2. The molecule has 6 heteroatoms. The Labute approximate surface area is 166 Å². The smallest absolute Gasteiger partial charge is 0.321 e. The average molecular weight is 380 g/mol. The Kier molecular flexibility index (Phi) is 6.79. The molecule has 1 aliphatic heterocycles. The van der Waals surface area contributed by atoms with Gasteiger partial charge in [0.15, 0.2) is 0 Å². The largest absolute Gasteiger partial charge is 0.341 e. The first kappa shape index (κ1) is 20.0. The van der Waals surface area contributed by atoms with Crippen LogP contribution in [-0.4, -0.2) is 61.0 Å². The summed E-state index contributed by atoms with van der Waals surface area (Å²) in [6, 6.07) is 20.4. The summed E-state index contributed by atoms with van der Waals surface area (Å²) >= 11 is 0. The molecule has 2 N–H and O–H groups in total. The fourth-order valence-corrected chi connectivity index (χ4v) is 3.71. The number of amides is 3. The number of piperazine rings is 1. The van der Waals surface area contributed by atoms with Crippen LogP contribution in [0, 0.1) is 0 Å². The lowest BCUT2D eigenvalue weighted by Gasteiger charge is -2.41. The van der Waals surface area contributed by atoms with Gasteiger partial charge in [-0.15, -0.1) is 0 Å². The maximum atomic E-state index is 12.2. The number of urea groups is 1. The van der Waals surface area contributed by atoms with E-state index in [1.54, 1.807) is 0 Å². The number of benzene rings is 2. The molecular formula is C22H28N4O2. The lowest BCUT2D eigenvalue weighted by molar-refractivity contribution is -0.125. The number of carbonyl (C=O) groups excluding carboxylic acids is 2. The molecule has 0 unspecified atom stereocenters.